The third kappa shape index (κ3) is 3.65. The first-order valence-corrected chi connectivity index (χ1v) is 5.88. The fraction of sp³-hybridized carbons (Fsp3) is 0.800. The lowest BCUT2D eigenvalue weighted by Gasteiger charge is -2.26. The van der Waals surface area contributed by atoms with E-state index in [4.69, 9.17) is 4.74 Å². The Hall–Kier alpha value is -1.18. The van der Waals surface area contributed by atoms with Crippen LogP contribution < -0.4 is 16.2 Å². The Morgan fingerprint density at radius 3 is 2.88 bits per heavy atom. The van der Waals surface area contributed by atoms with Crippen molar-refractivity contribution in [1.29, 1.82) is 0 Å². The minimum absolute atomic E-state index is 0.128. The third-order valence-electron chi connectivity index (χ3n) is 2.92. The predicted octanol–water partition coefficient (Wildman–Crippen LogP) is -2.17. The van der Waals surface area contributed by atoms with Crippen LogP contribution in [0.4, 0.5) is 0 Å². The van der Waals surface area contributed by atoms with Gasteiger partial charge in [-0.15, -0.1) is 0 Å². The number of carbonyl (C=O) groups is 2. The maximum absolute atomic E-state index is 11.6. The molecule has 0 aliphatic carbocycles. The lowest BCUT2D eigenvalue weighted by Crippen LogP contribution is -2.46. The van der Waals surface area contributed by atoms with Gasteiger partial charge in [-0.2, -0.15) is 0 Å². The summed E-state index contributed by atoms with van der Waals surface area (Å²) in [6.45, 7) is 4.77. The molecule has 0 saturated carbocycles. The number of amides is 2. The fourth-order valence-electron chi connectivity index (χ4n) is 1.90. The molecule has 2 aliphatic heterocycles. The van der Waals surface area contributed by atoms with Gasteiger partial charge in [0.05, 0.1) is 19.6 Å². The van der Waals surface area contributed by atoms with Gasteiger partial charge < -0.3 is 10.1 Å². The molecule has 3 N–H and O–H groups in total. The highest BCUT2D eigenvalue weighted by molar-refractivity contribution is 5.90. The molecule has 2 rings (SSSR count). The molecule has 0 aromatic carbocycles. The molecule has 0 radical (unpaired) electrons. The standard InChI is InChI=1S/C10H18N4O3/c15-9-7-8(12-13-9)10(16)11-1-2-14-3-5-17-6-4-14/h8,12H,1-7H2,(H,11,16)(H,13,15). The summed E-state index contributed by atoms with van der Waals surface area (Å²) in [5.41, 5.74) is 5.06. The summed E-state index contributed by atoms with van der Waals surface area (Å²) in [5, 5.41) is 2.82. The van der Waals surface area contributed by atoms with Crippen molar-refractivity contribution >= 4 is 11.8 Å². The Labute approximate surface area is 99.8 Å². The molecule has 0 spiro atoms. The number of hydrogen-bond donors (Lipinski definition) is 3. The van der Waals surface area contributed by atoms with Crippen molar-refractivity contribution in [2.24, 2.45) is 0 Å². The van der Waals surface area contributed by atoms with Crippen LogP contribution in [0.2, 0.25) is 0 Å². The van der Waals surface area contributed by atoms with Crippen LogP contribution in [0.25, 0.3) is 0 Å². The molecule has 2 amide bonds. The number of nitrogens with zero attached hydrogens (tertiary/aromatic N) is 1. The van der Waals surface area contributed by atoms with Crippen LogP contribution in [0.1, 0.15) is 6.42 Å². The second-order valence-corrected chi connectivity index (χ2v) is 4.19. The predicted molar refractivity (Wildman–Crippen MR) is 60.0 cm³/mol. The summed E-state index contributed by atoms with van der Waals surface area (Å²) >= 11 is 0. The molecule has 7 heteroatoms. The molecule has 1 unspecified atom stereocenters. The van der Waals surface area contributed by atoms with E-state index in [9.17, 15) is 9.59 Å². The van der Waals surface area contributed by atoms with Crippen molar-refractivity contribution in [3.8, 4) is 0 Å². The maximum atomic E-state index is 11.6. The van der Waals surface area contributed by atoms with Crippen molar-refractivity contribution in [3.05, 3.63) is 0 Å². The van der Waals surface area contributed by atoms with Crippen molar-refractivity contribution in [2.45, 2.75) is 12.5 Å². The topological polar surface area (TPSA) is 82.7 Å². The maximum Gasteiger partial charge on any atom is 0.239 e. The normalized spacial score (nSPS) is 25.6. The first kappa shape index (κ1) is 12.3. The van der Waals surface area contributed by atoms with Gasteiger partial charge in [0, 0.05) is 26.2 Å². The molecule has 7 nitrogen and oxygen atoms in total. The lowest BCUT2D eigenvalue weighted by molar-refractivity contribution is -0.124. The summed E-state index contributed by atoms with van der Waals surface area (Å²) in [5.74, 6) is -0.269. The Bertz CT molecular complexity index is 291. The number of morpholine rings is 1. The highest BCUT2D eigenvalue weighted by Gasteiger charge is 2.27. The Balaban J connectivity index is 1.61. The smallest absolute Gasteiger partial charge is 0.239 e. The first-order chi connectivity index (χ1) is 8.25. The number of hydrogen-bond acceptors (Lipinski definition) is 5. The quantitative estimate of drug-likeness (QED) is 0.522. The van der Waals surface area contributed by atoms with E-state index in [0.29, 0.717) is 6.54 Å². The van der Waals surface area contributed by atoms with E-state index >= 15 is 0 Å². The third-order valence-corrected chi connectivity index (χ3v) is 2.92. The summed E-state index contributed by atoms with van der Waals surface area (Å²) in [6.07, 6.45) is 0.212. The van der Waals surface area contributed by atoms with Gasteiger partial charge in [-0.3, -0.25) is 19.9 Å². The Kier molecular flexibility index (Phi) is 4.29. The lowest BCUT2D eigenvalue weighted by atomic mass is 10.2. The van der Waals surface area contributed by atoms with Crippen LogP contribution in [0.5, 0.6) is 0 Å². The average molecular weight is 242 g/mol. The van der Waals surface area contributed by atoms with Crippen LogP contribution in [0, 0.1) is 0 Å². The minimum atomic E-state index is -0.438. The number of rotatable bonds is 4. The van der Waals surface area contributed by atoms with E-state index in [1.807, 2.05) is 0 Å². The molecule has 1 atom stereocenters. The van der Waals surface area contributed by atoms with Gasteiger partial charge >= 0.3 is 0 Å². The van der Waals surface area contributed by atoms with Crippen molar-refractivity contribution in [1.82, 2.24) is 21.1 Å². The molecule has 2 fully saturated rings. The Morgan fingerprint density at radius 2 is 2.24 bits per heavy atom. The molecule has 96 valence electrons. The molecule has 0 bridgehead atoms. The van der Waals surface area contributed by atoms with E-state index < -0.39 is 6.04 Å². The SMILES string of the molecule is O=C1CC(C(=O)NCCN2CCOCC2)NN1. The molecule has 0 aromatic rings. The second-order valence-electron chi connectivity index (χ2n) is 4.19. The van der Waals surface area contributed by atoms with E-state index in [2.05, 4.69) is 21.1 Å². The molecule has 2 heterocycles. The van der Waals surface area contributed by atoms with Gasteiger partial charge in [0.25, 0.3) is 0 Å². The largest absolute Gasteiger partial charge is 0.379 e. The van der Waals surface area contributed by atoms with E-state index in [1.165, 1.54) is 0 Å². The van der Waals surface area contributed by atoms with E-state index in [0.717, 1.165) is 32.8 Å². The molecule has 2 aliphatic rings. The molecule has 0 aromatic heterocycles. The summed E-state index contributed by atoms with van der Waals surface area (Å²) in [4.78, 5) is 24.8. The van der Waals surface area contributed by atoms with Gasteiger partial charge in [0.15, 0.2) is 0 Å². The molecular weight excluding hydrogens is 224 g/mol. The second kappa shape index (κ2) is 5.95. The van der Waals surface area contributed by atoms with Gasteiger partial charge in [-0.25, -0.2) is 5.43 Å². The zero-order valence-corrected chi connectivity index (χ0v) is 9.70. The van der Waals surface area contributed by atoms with Crippen molar-refractivity contribution in [3.63, 3.8) is 0 Å². The first-order valence-electron chi connectivity index (χ1n) is 5.88. The van der Waals surface area contributed by atoms with Gasteiger partial charge in [-0.1, -0.05) is 0 Å². The van der Waals surface area contributed by atoms with Crippen LogP contribution in [0.3, 0.4) is 0 Å². The zero-order valence-electron chi connectivity index (χ0n) is 9.70. The van der Waals surface area contributed by atoms with E-state index in [1.54, 1.807) is 0 Å². The monoisotopic (exact) mass is 242 g/mol. The average Bonchev–Trinajstić information content (AvgIpc) is 2.77. The molecule has 2 saturated heterocycles. The fourth-order valence-corrected chi connectivity index (χ4v) is 1.90. The van der Waals surface area contributed by atoms with Crippen molar-refractivity contribution < 1.29 is 14.3 Å². The van der Waals surface area contributed by atoms with E-state index in [-0.39, 0.29) is 18.2 Å². The van der Waals surface area contributed by atoms with Crippen LogP contribution in [-0.2, 0) is 14.3 Å². The van der Waals surface area contributed by atoms with Crippen LogP contribution in [0.15, 0.2) is 0 Å². The summed E-state index contributed by atoms with van der Waals surface area (Å²) in [6, 6.07) is -0.438. The molecular formula is C10H18N4O3. The van der Waals surface area contributed by atoms with Gasteiger partial charge in [0.2, 0.25) is 11.8 Å². The number of carbonyl (C=O) groups excluding carboxylic acids is 2. The Morgan fingerprint density at radius 1 is 1.47 bits per heavy atom. The highest BCUT2D eigenvalue weighted by atomic mass is 16.5. The van der Waals surface area contributed by atoms with Crippen LogP contribution >= 0.6 is 0 Å². The number of nitrogens with one attached hydrogen (secondary N) is 3. The van der Waals surface area contributed by atoms with Gasteiger partial charge in [-0.05, 0) is 0 Å². The van der Waals surface area contributed by atoms with Crippen LogP contribution in [-0.4, -0.2) is 62.1 Å². The summed E-state index contributed by atoms with van der Waals surface area (Å²) < 4.78 is 5.24. The highest BCUT2D eigenvalue weighted by Crippen LogP contribution is 1.98. The van der Waals surface area contributed by atoms with Gasteiger partial charge in [0.1, 0.15) is 6.04 Å². The minimum Gasteiger partial charge on any atom is -0.379 e. The molecule has 17 heavy (non-hydrogen) atoms. The zero-order chi connectivity index (χ0) is 12.1. The number of hydrazine groups is 1. The van der Waals surface area contributed by atoms with Crippen molar-refractivity contribution in [2.75, 3.05) is 39.4 Å². The summed E-state index contributed by atoms with van der Waals surface area (Å²) in [7, 11) is 0. The number of ether oxygens (including phenoxy) is 1.